The first-order valence-corrected chi connectivity index (χ1v) is 4.51. The van der Waals surface area contributed by atoms with Gasteiger partial charge >= 0.3 is 0 Å². The first-order chi connectivity index (χ1) is 5.95. The maximum atomic E-state index is 3.48. The lowest BCUT2D eigenvalue weighted by atomic mass is 10.1. The summed E-state index contributed by atoms with van der Waals surface area (Å²) in [5.41, 5.74) is 4.46. The van der Waals surface area contributed by atoms with Crippen LogP contribution in [0.5, 0.6) is 0 Å². The Bertz CT molecular complexity index is 241. The second-order valence-corrected chi connectivity index (χ2v) is 3.28. The van der Waals surface area contributed by atoms with E-state index in [0.29, 0.717) is 6.04 Å². The van der Waals surface area contributed by atoms with Crippen LogP contribution < -0.4 is 10.6 Å². The molecule has 0 aromatic rings. The van der Waals surface area contributed by atoms with Crippen molar-refractivity contribution >= 4 is 0 Å². The number of allylic oxidation sites excluding steroid dienone is 2. The Morgan fingerprint density at radius 3 is 3.17 bits per heavy atom. The molecule has 12 heavy (non-hydrogen) atoms. The smallest absolute Gasteiger partial charge is 0.0233 e. The highest BCUT2D eigenvalue weighted by Crippen LogP contribution is 2.10. The fourth-order valence-corrected chi connectivity index (χ4v) is 1.63. The highest BCUT2D eigenvalue weighted by atomic mass is 15.0. The SMILES string of the molecule is C1=CC=C(CC2CNCCN2)C=1. The first kappa shape index (κ1) is 7.81. The van der Waals surface area contributed by atoms with E-state index in [0.717, 1.165) is 26.1 Å². The summed E-state index contributed by atoms with van der Waals surface area (Å²) in [5, 5.41) is 6.86. The van der Waals surface area contributed by atoms with Crippen molar-refractivity contribution < 1.29 is 0 Å². The van der Waals surface area contributed by atoms with E-state index >= 15 is 0 Å². The Morgan fingerprint density at radius 2 is 2.50 bits per heavy atom. The molecule has 2 nitrogen and oxygen atoms in total. The summed E-state index contributed by atoms with van der Waals surface area (Å²) in [5.74, 6) is 0. The molecule has 1 heterocycles. The molecular weight excluding hydrogens is 148 g/mol. The molecule has 1 aliphatic carbocycles. The van der Waals surface area contributed by atoms with Crippen LogP contribution >= 0.6 is 0 Å². The van der Waals surface area contributed by atoms with Crippen molar-refractivity contribution in [2.75, 3.05) is 19.6 Å². The lowest BCUT2D eigenvalue weighted by Gasteiger charge is -2.24. The molecule has 0 aromatic heterocycles. The van der Waals surface area contributed by atoms with E-state index in [4.69, 9.17) is 0 Å². The molecule has 1 aliphatic heterocycles. The molecule has 1 atom stereocenters. The third-order valence-corrected chi connectivity index (χ3v) is 2.27. The Balaban J connectivity index is 1.82. The number of hydrogen-bond acceptors (Lipinski definition) is 2. The average Bonchev–Trinajstić information content (AvgIpc) is 2.59. The molecule has 0 radical (unpaired) electrons. The summed E-state index contributed by atoms with van der Waals surface area (Å²) >= 11 is 0. The largest absolute Gasteiger partial charge is 0.314 e. The van der Waals surface area contributed by atoms with E-state index in [2.05, 4.69) is 28.5 Å². The van der Waals surface area contributed by atoms with Gasteiger partial charge in [0.15, 0.2) is 0 Å². The number of nitrogens with one attached hydrogen (secondary N) is 2. The molecule has 1 unspecified atom stereocenters. The minimum Gasteiger partial charge on any atom is -0.314 e. The van der Waals surface area contributed by atoms with Gasteiger partial charge in [0.2, 0.25) is 0 Å². The minimum absolute atomic E-state index is 0.606. The topological polar surface area (TPSA) is 24.1 Å². The monoisotopic (exact) mass is 162 g/mol. The average molecular weight is 162 g/mol. The molecule has 0 saturated carbocycles. The lowest BCUT2D eigenvalue weighted by Crippen LogP contribution is -2.48. The standard InChI is InChI=1S/C10H14N2/c1-2-4-9(3-1)7-10-8-11-5-6-12-10/h1,3-4,10-12H,5-8H2. The molecule has 2 N–H and O–H groups in total. The lowest BCUT2D eigenvalue weighted by molar-refractivity contribution is 0.418. The van der Waals surface area contributed by atoms with Gasteiger partial charge in [-0.25, -0.2) is 0 Å². The molecule has 0 amide bonds. The summed E-state index contributed by atoms with van der Waals surface area (Å²) in [6.07, 6.45) is 7.30. The predicted molar refractivity (Wildman–Crippen MR) is 50.0 cm³/mol. The summed E-state index contributed by atoms with van der Waals surface area (Å²) in [7, 11) is 0. The number of hydrogen-bond donors (Lipinski definition) is 2. The van der Waals surface area contributed by atoms with Crippen molar-refractivity contribution in [3.8, 4) is 0 Å². The van der Waals surface area contributed by atoms with E-state index < -0.39 is 0 Å². The zero-order valence-electron chi connectivity index (χ0n) is 7.14. The van der Waals surface area contributed by atoms with Gasteiger partial charge in [-0.2, -0.15) is 0 Å². The highest BCUT2D eigenvalue weighted by molar-refractivity contribution is 5.30. The van der Waals surface area contributed by atoms with Crippen LogP contribution in [0, 0.1) is 0 Å². The fourth-order valence-electron chi connectivity index (χ4n) is 1.63. The molecule has 0 aromatic carbocycles. The Labute approximate surface area is 73.0 Å². The molecule has 2 rings (SSSR count). The molecule has 2 aliphatic rings. The van der Waals surface area contributed by atoms with Crippen molar-refractivity contribution in [3.63, 3.8) is 0 Å². The van der Waals surface area contributed by atoms with Gasteiger partial charge in [-0.3, -0.25) is 0 Å². The van der Waals surface area contributed by atoms with Gasteiger partial charge in [-0.1, -0.05) is 6.08 Å². The van der Waals surface area contributed by atoms with Crippen molar-refractivity contribution in [3.05, 3.63) is 29.5 Å². The van der Waals surface area contributed by atoms with Crippen molar-refractivity contribution in [2.45, 2.75) is 12.5 Å². The minimum atomic E-state index is 0.606. The van der Waals surface area contributed by atoms with Gasteiger partial charge in [0.05, 0.1) is 0 Å². The number of piperazine rings is 1. The van der Waals surface area contributed by atoms with E-state index in [1.807, 2.05) is 6.08 Å². The Kier molecular flexibility index (Phi) is 2.42. The van der Waals surface area contributed by atoms with Crippen LogP contribution in [0.2, 0.25) is 0 Å². The van der Waals surface area contributed by atoms with Crippen LogP contribution in [0.3, 0.4) is 0 Å². The molecule has 2 heteroatoms. The van der Waals surface area contributed by atoms with Gasteiger partial charge in [-0.15, -0.1) is 5.73 Å². The third kappa shape index (κ3) is 1.86. The molecule has 64 valence electrons. The van der Waals surface area contributed by atoms with E-state index in [1.54, 1.807) is 0 Å². The summed E-state index contributed by atoms with van der Waals surface area (Å²) in [6.45, 7) is 3.28. The second kappa shape index (κ2) is 3.72. The summed E-state index contributed by atoms with van der Waals surface area (Å²) < 4.78 is 0. The van der Waals surface area contributed by atoms with Crippen LogP contribution in [0.15, 0.2) is 29.5 Å². The maximum Gasteiger partial charge on any atom is 0.0233 e. The molecule has 0 bridgehead atoms. The van der Waals surface area contributed by atoms with Crippen LogP contribution in [-0.2, 0) is 0 Å². The van der Waals surface area contributed by atoms with Crippen LogP contribution in [0.4, 0.5) is 0 Å². The summed E-state index contributed by atoms with van der Waals surface area (Å²) in [6, 6.07) is 0.606. The predicted octanol–water partition coefficient (Wildman–Crippen LogP) is 0.589. The third-order valence-electron chi connectivity index (χ3n) is 2.27. The van der Waals surface area contributed by atoms with Crippen molar-refractivity contribution in [1.82, 2.24) is 10.6 Å². The second-order valence-electron chi connectivity index (χ2n) is 3.28. The van der Waals surface area contributed by atoms with Gasteiger partial charge in [0.1, 0.15) is 0 Å². The van der Waals surface area contributed by atoms with E-state index in [-0.39, 0.29) is 0 Å². The van der Waals surface area contributed by atoms with Gasteiger partial charge < -0.3 is 10.6 Å². The highest BCUT2D eigenvalue weighted by Gasteiger charge is 2.12. The molecule has 0 spiro atoms. The maximum absolute atomic E-state index is 3.48. The van der Waals surface area contributed by atoms with Gasteiger partial charge in [0.25, 0.3) is 0 Å². The van der Waals surface area contributed by atoms with Crippen LogP contribution in [0.25, 0.3) is 0 Å². The molecular formula is C10H14N2. The van der Waals surface area contributed by atoms with E-state index in [9.17, 15) is 0 Å². The van der Waals surface area contributed by atoms with Crippen molar-refractivity contribution in [1.29, 1.82) is 0 Å². The first-order valence-electron chi connectivity index (χ1n) is 4.51. The fraction of sp³-hybridized carbons (Fsp3) is 0.500. The van der Waals surface area contributed by atoms with Crippen LogP contribution in [0.1, 0.15) is 6.42 Å². The Morgan fingerprint density at radius 1 is 1.50 bits per heavy atom. The van der Waals surface area contributed by atoms with Crippen molar-refractivity contribution in [2.24, 2.45) is 0 Å². The van der Waals surface area contributed by atoms with Gasteiger partial charge in [-0.05, 0) is 24.1 Å². The normalized spacial score (nSPS) is 27.7. The van der Waals surface area contributed by atoms with Gasteiger partial charge in [0, 0.05) is 25.7 Å². The Hall–Kier alpha value is -0.820. The van der Waals surface area contributed by atoms with Crippen LogP contribution in [-0.4, -0.2) is 25.7 Å². The molecule has 1 saturated heterocycles. The quantitative estimate of drug-likeness (QED) is 0.581. The summed E-state index contributed by atoms with van der Waals surface area (Å²) in [4.78, 5) is 0. The zero-order valence-corrected chi connectivity index (χ0v) is 7.14. The zero-order chi connectivity index (χ0) is 8.23. The van der Waals surface area contributed by atoms with E-state index in [1.165, 1.54) is 5.57 Å². The number of rotatable bonds is 2. The molecule has 1 fully saturated rings.